The first-order valence-corrected chi connectivity index (χ1v) is 9.31. The molecule has 26 heavy (non-hydrogen) atoms. The Balaban J connectivity index is 1.53. The fourth-order valence-electron chi connectivity index (χ4n) is 3.89. The first kappa shape index (κ1) is 15.5. The van der Waals surface area contributed by atoms with Crippen molar-refractivity contribution in [1.29, 1.82) is 0 Å². The number of nitrogens with zero attached hydrogens (tertiary/aromatic N) is 1. The quantitative estimate of drug-likeness (QED) is 0.450. The van der Waals surface area contributed by atoms with Crippen molar-refractivity contribution in [1.82, 2.24) is 20.5 Å². The molecule has 1 saturated heterocycles. The predicted molar refractivity (Wildman–Crippen MR) is 108 cm³/mol. The first-order valence-electron chi connectivity index (χ1n) is 9.31. The molecule has 0 bridgehead atoms. The summed E-state index contributed by atoms with van der Waals surface area (Å²) in [5, 5.41) is 17.2. The van der Waals surface area contributed by atoms with Gasteiger partial charge in [-0.15, -0.1) is 0 Å². The van der Waals surface area contributed by atoms with E-state index in [-0.39, 0.29) is 0 Å². The molecule has 1 aliphatic heterocycles. The number of aromatic nitrogens is 3. The van der Waals surface area contributed by atoms with Crippen molar-refractivity contribution >= 4 is 27.5 Å². The molecule has 1 aliphatic rings. The molecule has 5 rings (SSSR count). The van der Waals surface area contributed by atoms with Crippen molar-refractivity contribution in [2.75, 3.05) is 18.4 Å². The van der Waals surface area contributed by atoms with Crippen LogP contribution in [0.2, 0.25) is 0 Å². The van der Waals surface area contributed by atoms with Gasteiger partial charge < -0.3 is 15.6 Å². The maximum absolute atomic E-state index is 4.57. The van der Waals surface area contributed by atoms with E-state index in [4.69, 9.17) is 0 Å². The molecule has 0 amide bonds. The number of anilines is 1. The van der Waals surface area contributed by atoms with E-state index in [1.807, 2.05) is 0 Å². The molecule has 4 aromatic rings. The minimum Gasteiger partial charge on any atom is -0.381 e. The minimum atomic E-state index is 0.493. The number of aromatic amines is 2. The molecule has 2 aromatic carbocycles. The Morgan fingerprint density at radius 1 is 1.08 bits per heavy atom. The standard InChI is InChI=1S/C21H23N5/c1-13-4-5-14-10-20(24-19(14)9-13)21-17-11-15(6-7-18(17)25-26-21)23-16-3-2-8-22-12-16/h4-7,9-11,16,22-24H,2-3,8,12H2,1H3,(H,25,26)/t16-/m1/s1. The van der Waals surface area contributed by atoms with Gasteiger partial charge in [-0.3, -0.25) is 5.10 Å². The third-order valence-corrected chi connectivity index (χ3v) is 5.26. The van der Waals surface area contributed by atoms with Gasteiger partial charge in [0.2, 0.25) is 0 Å². The fraction of sp³-hybridized carbons (Fsp3) is 0.286. The lowest BCUT2D eigenvalue weighted by Crippen LogP contribution is -2.38. The summed E-state index contributed by atoms with van der Waals surface area (Å²) in [5.74, 6) is 0. The number of hydrogen-bond donors (Lipinski definition) is 4. The number of piperidine rings is 1. The van der Waals surface area contributed by atoms with Crippen molar-refractivity contribution in [2.45, 2.75) is 25.8 Å². The third kappa shape index (κ3) is 2.74. The first-order chi connectivity index (χ1) is 12.8. The van der Waals surface area contributed by atoms with Crippen LogP contribution in [0.3, 0.4) is 0 Å². The molecule has 0 saturated carbocycles. The van der Waals surface area contributed by atoms with E-state index in [1.54, 1.807) is 0 Å². The van der Waals surface area contributed by atoms with Crippen molar-refractivity contribution in [3.8, 4) is 11.4 Å². The maximum atomic E-state index is 4.57. The Kier molecular flexibility index (Phi) is 3.68. The van der Waals surface area contributed by atoms with E-state index in [0.717, 1.165) is 46.6 Å². The van der Waals surface area contributed by atoms with Crippen LogP contribution >= 0.6 is 0 Å². The Labute approximate surface area is 152 Å². The van der Waals surface area contributed by atoms with Crippen LogP contribution in [0, 0.1) is 6.92 Å². The maximum Gasteiger partial charge on any atom is 0.116 e. The highest BCUT2D eigenvalue weighted by Gasteiger charge is 2.15. The van der Waals surface area contributed by atoms with Gasteiger partial charge in [0.05, 0.1) is 11.2 Å². The van der Waals surface area contributed by atoms with Crippen LogP contribution in [0.15, 0.2) is 42.5 Å². The molecular weight excluding hydrogens is 322 g/mol. The van der Waals surface area contributed by atoms with Gasteiger partial charge in [0.25, 0.3) is 0 Å². The lowest BCUT2D eigenvalue weighted by molar-refractivity contribution is 0.480. The zero-order chi connectivity index (χ0) is 17.5. The highest BCUT2D eigenvalue weighted by molar-refractivity contribution is 5.97. The predicted octanol–water partition coefficient (Wildman–Crippen LogP) is 4.18. The largest absolute Gasteiger partial charge is 0.381 e. The van der Waals surface area contributed by atoms with Crippen LogP contribution in [0.4, 0.5) is 5.69 Å². The van der Waals surface area contributed by atoms with E-state index < -0.39 is 0 Å². The van der Waals surface area contributed by atoms with Crippen LogP contribution in [0.5, 0.6) is 0 Å². The van der Waals surface area contributed by atoms with Crippen LogP contribution in [0.25, 0.3) is 33.2 Å². The summed E-state index contributed by atoms with van der Waals surface area (Å²) in [6.07, 6.45) is 2.44. The van der Waals surface area contributed by atoms with Crippen molar-refractivity contribution in [2.24, 2.45) is 0 Å². The molecule has 0 unspecified atom stereocenters. The van der Waals surface area contributed by atoms with Gasteiger partial charge in [-0.25, -0.2) is 0 Å². The molecule has 5 nitrogen and oxygen atoms in total. The summed E-state index contributed by atoms with van der Waals surface area (Å²) < 4.78 is 0. The summed E-state index contributed by atoms with van der Waals surface area (Å²) in [4.78, 5) is 3.52. The zero-order valence-corrected chi connectivity index (χ0v) is 14.9. The number of fused-ring (bicyclic) bond motifs is 2. The smallest absolute Gasteiger partial charge is 0.116 e. The molecule has 0 aliphatic carbocycles. The molecule has 132 valence electrons. The lowest BCUT2D eigenvalue weighted by Gasteiger charge is -2.24. The van der Waals surface area contributed by atoms with Crippen LogP contribution in [0.1, 0.15) is 18.4 Å². The highest BCUT2D eigenvalue weighted by atomic mass is 15.1. The van der Waals surface area contributed by atoms with Crippen molar-refractivity contribution < 1.29 is 0 Å². The Bertz CT molecular complexity index is 1070. The van der Waals surface area contributed by atoms with E-state index in [9.17, 15) is 0 Å². The number of hydrogen-bond acceptors (Lipinski definition) is 3. The SMILES string of the molecule is Cc1ccc2cc(-c3n[nH]c4ccc(N[C@@H]5CCCNC5)cc34)[nH]c2c1. The van der Waals surface area contributed by atoms with E-state index in [0.29, 0.717) is 6.04 Å². The molecule has 1 atom stereocenters. The number of H-pyrrole nitrogens is 2. The van der Waals surface area contributed by atoms with Crippen molar-refractivity contribution in [3.05, 3.63) is 48.0 Å². The summed E-state index contributed by atoms with van der Waals surface area (Å²) in [6, 6.07) is 15.6. The van der Waals surface area contributed by atoms with Crippen LogP contribution in [-0.4, -0.2) is 34.3 Å². The number of aryl methyl sites for hydroxylation is 1. The molecule has 2 aromatic heterocycles. The van der Waals surface area contributed by atoms with Crippen LogP contribution in [-0.2, 0) is 0 Å². The second kappa shape index (κ2) is 6.18. The number of rotatable bonds is 3. The van der Waals surface area contributed by atoms with E-state index >= 15 is 0 Å². The van der Waals surface area contributed by atoms with Crippen LogP contribution < -0.4 is 10.6 Å². The normalized spacial score (nSPS) is 17.8. The molecule has 0 spiro atoms. The van der Waals surface area contributed by atoms with Gasteiger partial charge >= 0.3 is 0 Å². The second-order valence-corrected chi connectivity index (χ2v) is 7.29. The number of nitrogens with one attached hydrogen (secondary N) is 4. The monoisotopic (exact) mass is 345 g/mol. The van der Waals surface area contributed by atoms with Gasteiger partial charge in [0.1, 0.15) is 5.69 Å². The molecule has 4 N–H and O–H groups in total. The third-order valence-electron chi connectivity index (χ3n) is 5.26. The van der Waals surface area contributed by atoms with E-state index in [2.05, 4.69) is 75.2 Å². The average molecular weight is 345 g/mol. The molecule has 5 heteroatoms. The zero-order valence-electron chi connectivity index (χ0n) is 14.9. The minimum absolute atomic E-state index is 0.493. The lowest BCUT2D eigenvalue weighted by atomic mass is 10.1. The summed E-state index contributed by atoms with van der Waals surface area (Å²) >= 11 is 0. The summed E-state index contributed by atoms with van der Waals surface area (Å²) in [5.41, 5.74) is 6.64. The van der Waals surface area contributed by atoms with Crippen molar-refractivity contribution in [3.63, 3.8) is 0 Å². The average Bonchev–Trinajstić information content (AvgIpc) is 3.25. The molecular formula is C21H23N5. The van der Waals surface area contributed by atoms with Gasteiger partial charge in [-0.05, 0) is 62.2 Å². The second-order valence-electron chi connectivity index (χ2n) is 7.29. The van der Waals surface area contributed by atoms with Gasteiger partial charge in [0, 0.05) is 34.6 Å². The Morgan fingerprint density at radius 3 is 2.92 bits per heavy atom. The van der Waals surface area contributed by atoms with Gasteiger partial charge in [-0.1, -0.05) is 12.1 Å². The number of benzene rings is 2. The Hall–Kier alpha value is -2.79. The van der Waals surface area contributed by atoms with Gasteiger partial charge in [-0.2, -0.15) is 5.10 Å². The molecule has 3 heterocycles. The molecule has 0 radical (unpaired) electrons. The summed E-state index contributed by atoms with van der Waals surface area (Å²) in [6.45, 7) is 4.27. The topological polar surface area (TPSA) is 68.5 Å². The Morgan fingerprint density at radius 2 is 2.04 bits per heavy atom. The van der Waals surface area contributed by atoms with E-state index in [1.165, 1.54) is 23.8 Å². The fourth-order valence-corrected chi connectivity index (χ4v) is 3.89. The van der Waals surface area contributed by atoms with Gasteiger partial charge in [0.15, 0.2) is 0 Å². The highest BCUT2D eigenvalue weighted by Crippen LogP contribution is 2.30. The molecule has 1 fully saturated rings. The summed E-state index contributed by atoms with van der Waals surface area (Å²) in [7, 11) is 0.